The van der Waals surface area contributed by atoms with Crippen LogP contribution in [-0.2, 0) is 4.79 Å². The number of fused-ring (bicyclic) bond motifs is 1. The van der Waals surface area contributed by atoms with Crippen LogP contribution in [0.15, 0.2) is 18.3 Å². The molecule has 22 heavy (non-hydrogen) atoms. The van der Waals surface area contributed by atoms with Gasteiger partial charge in [-0.2, -0.15) is 5.10 Å². The molecule has 1 saturated carbocycles. The molecule has 5 nitrogen and oxygen atoms in total. The van der Waals surface area contributed by atoms with Crippen LogP contribution in [0.1, 0.15) is 37.2 Å². The van der Waals surface area contributed by atoms with Crippen LogP contribution in [0, 0.1) is 0 Å². The van der Waals surface area contributed by atoms with Gasteiger partial charge in [-0.25, -0.2) is 0 Å². The molecule has 4 rings (SSSR count). The summed E-state index contributed by atoms with van der Waals surface area (Å²) in [5, 5.41) is 18.8. The van der Waals surface area contributed by atoms with Gasteiger partial charge in [0, 0.05) is 23.5 Å². The average Bonchev–Trinajstić information content (AvgIpc) is 3.10. The lowest BCUT2D eigenvalue weighted by Crippen LogP contribution is -2.44. The van der Waals surface area contributed by atoms with Gasteiger partial charge in [-0.3, -0.25) is 9.89 Å². The van der Waals surface area contributed by atoms with Crippen LogP contribution >= 0.6 is 11.6 Å². The first-order chi connectivity index (χ1) is 10.6. The number of carbonyl (C=O) groups is 1. The zero-order chi connectivity index (χ0) is 15.3. The van der Waals surface area contributed by atoms with E-state index in [0.717, 1.165) is 23.7 Å². The van der Waals surface area contributed by atoms with Gasteiger partial charge in [-0.1, -0.05) is 11.6 Å². The number of aliphatic hydroxyl groups is 1. The monoisotopic (exact) mass is 319 g/mol. The van der Waals surface area contributed by atoms with E-state index in [4.69, 9.17) is 11.6 Å². The van der Waals surface area contributed by atoms with E-state index in [1.165, 1.54) is 5.56 Å². The van der Waals surface area contributed by atoms with Crippen LogP contribution in [0.5, 0.6) is 0 Å². The summed E-state index contributed by atoms with van der Waals surface area (Å²) in [7, 11) is 0. The van der Waals surface area contributed by atoms with E-state index in [1.54, 1.807) is 4.90 Å². The molecule has 2 heterocycles. The number of carbonyl (C=O) groups excluding carboxylic acids is 1. The van der Waals surface area contributed by atoms with Gasteiger partial charge in [0.25, 0.3) is 5.91 Å². The number of H-pyrrole nitrogens is 1. The Kier molecular flexibility index (Phi) is 3.16. The maximum absolute atomic E-state index is 12.2. The first-order valence-electron chi connectivity index (χ1n) is 7.71. The minimum Gasteiger partial charge on any atom is -0.380 e. The summed E-state index contributed by atoms with van der Waals surface area (Å²) in [6, 6.07) is 3.89. The number of hydrogen-bond acceptors (Lipinski definition) is 3. The topological polar surface area (TPSA) is 69.2 Å². The normalized spacial score (nSPS) is 21.3. The number of piperidine rings is 1. The summed E-state index contributed by atoms with van der Waals surface area (Å²) in [5.41, 5.74) is 1.10. The van der Waals surface area contributed by atoms with Crippen LogP contribution in [0.3, 0.4) is 0 Å². The van der Waals surface area contributed by atoms with Crippen LogP contribution < -0.4 is 0 Å². The Bertz CT molecular complexity index is 730. The molecule has 1 amide bonds. The molecule has 1 aliphatic heterocycles. The summed E-state index contributed by atoms with van der Waals surface area (Å²) < 4.78 is 0. The maximum atomic E-state index is 12.2. The second kappa shape index (κ2) is 4.96. The van der Waals surface area contributed by atoms with Crippen molar-refractivity contribution in [2.24, 2.45) is 0 Å². The average molecular weight is 320 g/mol. The number of nitrogens with zero attached hydrogens (tertiary/aromatic N) is 2. The molecule has 0 bridgehead atoms. The molecular weight excluding hydrogens is 302 g/mol. The molecule has 1 aromatic carbocycles. The minimum absolute atomic E-state index is 0.0921. The molecule has 0 unspecified atom stereocenters. The lowest BCUT2D eigenvalue weighted by molar-refractivity contribution is -0.143. The van der Waals surface area contributed by atoms with E-state index in [9.17, 15) is 9.90 Å². The molecule has 0 radical (unpaired) electrons. The van der Waals surface area contributed by atoms with E-state index in [1.807, 2.05) is 18.3 Å². The molecule has 1 saturated heterocycles. The molecule has 2 aliphatic rings. The second-order valence-electron chi connectivity index (χ2n) is 6.42. The quantitative estimate of drug-likeness (QED) is 0.893. The van der Waals surface area contributed by atoms with Gasteiger partial charge in [-0.05, 0) is 49.3 Å². The number of hydrogen-bond donors (Lipinski definition) is 2. The van der Waals surface area contributed by atoms with Crippen molar-refractivity contribution in [1.82, 2.24) is 15.1 Å². The van der Waals surface area contributed by atoms with Crippen molar-refractivity contribution in [2.75, 3.05) is 13.1 Å². The Hall–Kier alpha value is -1.59. The summed E-state index contributed by atoms with van der Waals surface area (Å²) in [5.74, 6) is 0.280. The highest BCUT2D eigenvalue weighted by Crippen LogP contribution is 2.39. The number of benzene rings is 1. The number of amides is 1. The van der Waals surface area contributed by atoms with Gasteiger partial charge in [0.1, 0.15) is 5.60 Å². The van der Waals surface area contributed by atoms with Crippen molar-refractivity contribution in [3.05, 3.63) is 28.9 Å². The number of likely N-dealkylation sites (tertiary alicyclic amines) is 1. The molecule has 0 atom stereocenters. The van der Waals surface area contributed by atoms with Crippen LogP contribution in [-0.4, -0.2) is 44.8 Å². The number of nitrogens with one attached hydrogen (secondary N) is 1. The van der Waals surface area contributed by atoms with Crippen molar-refractivity contribution in [3.63, 3.8) is 0 Å². The SMILES string of the molecule is O=C(N1CCC(c2cc(Cl)cc3[nH]ncc23)CC1)C1(O)CC1. The Morgan fingerprint density at radius 1 is 1.36 bits per heavy atom. The van der Waals surface area contributed by atoms with Gasteiger partial charge in [0.05, 0.1) is 11.7 Å². The van der Waals surface area contributed by atoms with Crippen molar-refractivity contribution in [2.45, 2.75) is 37.2 Å². The van der Waals surface area contributed by atoms with Gasteiger partial charge in [-0.15, -0.1) is 0 Å². The Balaban J connectivity index is 1.53. The third-order valence-corrected chi connectivity index (χ3v) is 5.12. The molecule has 1 aromatic heterocycles. The van der Waals surface area contributed by atoms with Crippen LogP contribution in [0.4, 0.5) is 0 Å². The van der Waals surface area contributed by atoms with Gasteiger partial charge < -0.3 is 10.0 Å². The van der Waals surface area contributed by atoms with Crippen LogP contribution in [0.25, 0.3) is 10.9 Å². The number of aromatic nitrogens is 2. The van der Waals surface area contributed by atoms with Crippen molar-refractivity contribution in [3.8, 4) is 0 Å². The molecule has 2 aromatic rings. The maximum Gasteiger partial charge on any atom is 0.254 e. The van der Waals surface area contributed by atoms with Crippen molar-refractivity contribution >= 4 is 28.4 Å². The smallest absolute Gasteiger partial charge is 0.254 e. The Morgan fingerprint density at radius 3 is 2.77 bits per heavy atom. The molecular formula is C16H18ClN3O2. The zero-order valence-corrected chi connectivity index (χ0v) is 12.9. The predicted molar refractivity (Wildman–Crippen MR) is 83.8 cm³/mol. The number of rotatable bonds is 2. The second-order valence-corrected chi connectivity index (χ2v) is 6.86. The lowest BCUT2D eigenvalue weighted by Gasteiger charge is -2.33. The molecule has 6 heteroatoms. The highest BCUT2D eigenvalue weighted by Gasteiger charge is 2.50. The predicted octanol–water partition coefficient (Wildman–Crippen LogP) is 2.45. The summed E-state index contributed by atoms with van der Waals surface area (Å²) >= 11 is 6.20. The Morgan fingerprint density at radius 2 is 2.09 bits per heavy atom. The van der Waals surface area contributed by atoms with E-state index >= 15 is 0 Å². The number of aromatic amines is 1. The van der Waals surface area contributed by atoms with E-state index in [2.05, 4.69) is 10.2 Å². The third-order valence-electron chi connectivity index (χ3n) is 4.90. The lowest BCUT2D eigenvalue weighted by atomic mass is 9.87. The van der Waals surface area contributed by atoms with Crippen molar-refractivity contribution < 1.29 is 9.90 Å². The first kappa shape index (κ1) is 14.0. The fourth-order valence-electron chi connectivity index (χ4n) is 3.40. The van der Waals surface area contributed by atoms with E-state index in [-0.39, 0.29) is 5.91 Å². The summed E-state index contributed by atoms with van der Waals surface area (Å²) in [6.07, 6.45) is 4.84. The third kappa shape index (κ3) is 2.29. The highest BCUT2D eigenvalue weighted by atomic mass is 35.5. The van der Waals surface area contributed by atoms with E-state index in [0.29, 0.717) is 36.9 Å². The largest absolute Gasteiger partial charge is 0.380 e. The molecule has 2 N–H and O–H groups in total. The summed E-state index contributed by atoms with van der Waals surface area (Å²) in [4.78, 5) is 14.0. The highest BCUT2D eigenvalue weighted by molar-refractivity contribution is 6.31. The summed E-state index contributed by atoms with van der Waals surface area (Å²) in [6.45, 7) is 1.38. The zero-order valence-electron chi connectivity index (χ0n) is 12.2. The van der Waals surface area contributed by atoms with Crippen molar-refractivity contribution in [1.29, 1.82) is 0 Å². The number of halogens is 1. The molecule has 1 aliphatic carbocycles. The first-order valence-corrected chi connectivity index (χ1v) is 8.09. The van der Waals surface area contributed by atoms with Crippen LogP contribution in [0.2, 0.25) is 5.02 Å². The standard InChI is InChI=1S/C16H18ClN3O2/c17-11-7-12(13-9-18-19-14(13)8-11)10-1-5-20(6-2-10)15(21)16(22)3-4-16/h7-10,22H,1-6H2,(H,18,19). The van der Waals surface area contributed by atoms with E-state index < -0.39 is 5.60 Å². The van der Waals surface area contributed by atoms with Gasteiger partial charge >= 0.3 is 0 Å². The minimum atomic E-state index is -1.05. The fraction of sp³-hybridized carbons (Fsp3) is 0.500. The Labute approximate surface area is 133 Å². The molecule has 2 fully saturated rings. The van der Waals surface area contributed by atoms with Gasteiger partial charge in [0.2, 0.25) is 0 Å². The van der Waals surface area contributed by atoms with Gasteiger partial charge in [0.15, 0.2) is 0 Å². The fourth-order valence-corrected chi connectivity index (χ4v) is 3.63. The molecule has 116 valence electrons. The molecule has 0 spiro atoms.